The van der Waals surface area contributed by atoms with Gasteiger partial charge in [-0.1, -0.05) is 0 Å². The molecule has 0 radical (unpaired) electrons. The summed E-state index contributed by atoms with van der Waals surface area (Å²) in [4.78, 5) is 6.74. The Balaban J connectivity index is 1.77. The first-order chi connectivity index (χ1) is 7.78. The Bertz CT molecular complexity index is 318. The van der Waals surface area contributed by atoms with Gasteiger partial charge in [0.25, 0.3) is 0 Å². The van der Waals surface area contributed by atoms with E-state index in [1.807, 2.05) is 6.92 Å². The predicted molar refractivity (Wildman–Crippen MR) is 61.0 cm³/mol. The fourth-order valence-electron chi connectivity index (χ4n) is 2.21. The second-order valence-electron chi connectivity index (χ2n) is 4.51. The number of nitrogens with zero attached hydrogens (tertiary/aromatic N) is 3. The normalized spacial score (nSPS) is 19.1. The van der Waals surface area contributed by atoms with Crippen LogP contribution in [0.2, 0.25) is 0 Å². The first-order valence-electron chi connectivity index (χ1n) is 5.87. The van der Waals surface area contributed by atoms with E-state index in [-0.39, 0.29) is 0 Å². The highest BCUT2D eigenvalue weighted by Gasteiger charge is 2.19. The Labute approximate surface area is 96.2 Å². The van der Waals surface area contributed by atoms with Crippen molar-refractivity contribution < 1.29 is 4.74 Å². The van der Waals surface area contributed by atoms with Crippen LogP contribution in [-0.2, 0) is 11.3 Å². The SMILES string of the molecule is COCC1CCN(Cc2n[nH]c(C)n2)CC1. The van der Waals surface area contributed by atoms with E-state index >= 15 is 0 Å². The predicted octanol–water partition coefficient (Wildman–Crippen LogP) is 0.972. The topological polar surface area (TPSA) is 54.0 Å². The van der Waals surface area contributed by atoms with Crippen LogP contribution in [0, 0.1) is 12.8 Å². The zero-order valence-corrected chi connectivity index (χ0v) is 10.1. The molecule has 2 rings (SSSR count). The smallest absolute Gasteiger partial charge is 0.164 e. The summed E-state index contributed by atoms with van der Waals surface area (Å²) in [6, 6.07) is 0. The number of aryl methyl sites for hydroxylation is 1. The van der Waals surface area contributed by atoms with Crippen LogP contribution < -0.4 is 0 Å². The van der Waals surface area contributed by atoms with Gasteiger partial charge in [0.05, 0.1) is 6.54 Å². The molecule has 1 aliphatic rings. The molecule has 5 nitrogen and oxygen atoms in total. The van der Waals surface area contributed by atoms with Gasteiger partial charge in [-0.05, 0) is 38.8 Å². The molecule has 2 heterocycles. The number of rotatable bonds is 4. The molecule has 0 saturated carbocycles. The summed E-state index contributed by atoms with van der Waals surface area (Å²) in [5.41, 5.74) is 0. The summed E-state index contributed by atoms with van der Waals surface area (Å²) in [6.45, 7) is 5.95. The maximum atomic E-state index is 5.19. The highest BCUT2D eigenvalue weighted by atomic mass is 16.5. The molecule has 0 unspecified atom stereocenters. The quantitative estimate of drug-likeness (QED) is 0.828. The molecule has 0 bridgehead atoms. The van der Waals surface area contributed by atoms with Gasteiger partial charge in [-0.15, -0.1) is 0 Å². The number of ether oxygens (including phenoxy) is 1. The molecule has 0 atom stereocenters. The second kappa shape index (κ2) is 5.41. The molecular formula is C11H20N4O. The van der Waals surface area contributed by atoms with Crippen molar-refractivity contribution in [3.63, 3.8) is 0 Å². The fourth-order valence-corrected chi connectivity index (χ4v) is 2.21. The average Bonchev–Trinajstić information content (AvgIpc) is 2.67. The molecular weight excluding hydrogens is 204 g/mol. The maximum Gasteiger partial charge on any atom is 0.164 e. The first kappa shape index (κ1) is 11.5. The summed E-state index contributed by atoms with van der Waals surface area (Å²) in [6.07, 6.45) is 2.44. The zero-order valence-electron chi connectivity index (χ0n) is 10.1. The van der Waals surface area contributed by atoms with Crippen LogP contribution in [-0.4, -0.2) is 46.9 Å². The van der Waals surface area contributed by atoms with E-state index in [2.05, 4.69) is 20.1 Å². The van der Waals surface area contributed by atoms with Crippen molar-refractivity contribution in [2.75, 3.05) is 26.8 Å². The van der Waals surface area contributed by atoms with Gasteiger partial charge in [0.1, 0.15) is 5.82 Å². The van der Waals surface area contributed by atoms with E-state index in [1.54, 1.807) is 7.11 Å². The van der Waals surface area contributed by atoms with E-state index in [1.165, 1.54) is 12.8 Å². The number of hydrogen-bond acceptors (Lipinski definition) is 4. The number of piperidine rings is 1. The van der Waals surface area contributed by atoms with Crippen molar-refractivity contribution in [2.45, 2.75) is 26.3 Å². The number of aromatic amines is 1. The molecule has 1 aromatic heterocycles. The number of hydrogen-bond donors (Lipinski definition) is 1. The zero-order chi connectivity index (χ0) is 11.4. The van der Waals surface area contributed by atoms with E-state index in [9.17, 15) is 0 Å². The minimum absolute atomic E-state index is 0.732. The van der Waals surface area contributed by atoms with Crippen molar-refractivity contribution >= 4 is 0 Å². The van der Waals surface area contributed by atoms with Gasteiger partial charge >= 0.3 is 0 Å². The average molecular weight is 224 g/mol. The standard InChI is InChI=1S/C11H20N4O/c1-9-12-11(14-13-9)7-15-5-3-10(4-6-15)8-16-2/h10H,3-8H2,1-2H3,(H,12,13,14). The number of aromatic nitrogens is 3. The molecule has 1 aliphatic heterocycles. The van der Waals surface area contributed by atoms with Crippen LogP contribution >= 0.6 is 0 Å². The molecule has 1 N–H and O–H groups in total. The van der Waals surface area contributed by atoms with Crippen molar-refractivity contribution in [2.24, 2.45) is 5.92 Å². The highest BCUT2D eigenvalue weighted by molar-refractivity contribution is 4.88. The Morgan fingerprint density at radius 3 is 2.75 bits per heavy atom. The van der Waals surface area contributed by atoms with Gasteiger partial charge in [0.15, 0.2) is 5.82 Å². The summed E-state index contributed by atoms with van der Waals surface area (Å²) < 4.78 is 5.19. The van der Waals surface area contributed by atoms with Gasteiger partial charge in [0, 0.05) is 13.7 Å². The van der Waals surface area contributed by atoms with Crippen molar-refractivity contribution in [3.05, 3.63) is 11.6 Å². The summed E-state index contributed by atoms with van der Waals surface area (Å²) in [5, 5.41) is 7.04. The third-order valence-corrected chi connectivity index (χ3v) is 3.12. The van der Waals surface area contributed by atoms with Gasteiger partial charge in [0.2, 0.25) is 0 Å². The molecule has 0 amide bonds. The summed E-state index contributed by atoms with van der Waals surface area (Å²) >= 11 is 0. The van der Waals surface area contributed by atoms with Crippen LogP contribution in [0.5, 0.6) is 0 Å². The first-order valence-corrected chi connectivity index (χ1v) is 5.87. The lowest BCUT2D eigenvalue weighted by atomic mass is 9.98. The Morgan fingerprint density at radius 2 is 2.19 bits per heavy atom. The lowest BCUT2D eigenvalue weighted by Crippen LogP contribution is -2.34. The maximum absolute atomic E-state index is 5.19. The van der Waals surface area contributed by atoms with Crippen LogP contribution in [0.3, 0.4) is 0 Å². The van der Waals surface area contributed by atoms with Gasteiger partial charge in [-0.2, -0.15) is 5.10 Å². The Kier molecular flexibility index (Phi) is 3.90. The van der Waals surface area contributed by atoms with Crippen molar-refractivity contribution in [1.82, 2.24) is 20.1 Å². The Hall–Kier alpha value is -0.940. The number of H-pyrrole nitrogens is 1. The van der Waals surface area contributed by atoms with Crippen LogP contribution in [0.4, 0.5) is 0 Å². The van der Waals surface area contributed by atoms with E-state index in [0.717, 1.165) is 43.8 Å². The monoisotopic (exact) mass is 224 g/mol. The summed E-state index contributed by atoms with van der Waals surface area (Å²) in [7, 11) is 1.78. The third-order valence-electron chi connectivity index (χ3n) is 3.12. The van der Waals surface area contributed by atoms with Crippen LogP contribution in [0.1, 0.15) is 24.5 Å². The number of methoxy groups -OCH3 is 1. The lowest BCUT2D eigenvalue weighted by molar-refractivity contribution is 0.0958. The molecule has 0 aromatic carbocycles. The fraction of sp³-hybridized carbons (Fsp3) is 0.818. The van der Waals surface area contributed by atoms with Gasteiger partial charge in [-0.25, -0.2) is 4.98 Å². The van der Waals surface area contributed by atoms with E-state index < -0.39 is 0 Å². The summed E-state index contributed by atoms with van der Waals surface area (Å²) in [5.74, 6) is 2.53. The molecule has 0 aliphatic carbocycles. The number of nitrogens with one attached hydrogen (secondary N) is 1. The third kappa shape index (κ3) is 3.02. The van der Waals surface area contributed by atoms with Crippen LogP contribution in [0.25, 0.3) is 0 Å². The molecule has 1 aromatic rings. The molecule has 5 heteroatoms. The lowest BCUT2D eigenvalue weighted by Gasteiger charge is -2.30. The second-order valence-corrected chi connectivity index (χ2v) is 4.51. The van der Waals surface area contributed by atoms with E-state index in [0.29, 0.717) is 0 Å². The van der Waals surface area contributed by atoms with Crippen molar-refractivity contribution in [3.8, 4) is 0 Å². The van der Waals surface area contributed by atoms with Gasteiger partial charge in [-0.3, -0.25) is 10.00 Å². The van der Waals surface area contributed by atoms with Crippen molar-refractivity contribution in [1.29, 1.82) is 0 Å². The molecule has 1 saturated heterocycles. The molecule has 1 fully saturated rings. The van der Waals surface area contributed by atoms with E-state index in [4.69, 9.17) is 4.74 Å². The van der Waals surface area contributed by atoms with Gasteiger partial charge < -0.3 is 4.74 Å². The molecule has 16 heavy (non-hydrogen) atoms. The largest absolute Gasteiger partial charge is 0.384 e. The molecule has 90 valence electrons. The number of likely N-dealkylation sites (tertiary alicyclic amines) is 1. The Morgan fingerprint density at radius 1 is 1.44 bits per heavy atom. The minimum Gasteiger partial charge on any atom is -0.384 e. The minimum atomic E-state index is 0.732. The highest BCUT2D eigenvalue weighted by Crippen LogP contribution is 2.18. The molecule has 0 spiro atoms. The van der Waals surface area contributed by atoms with Crippen LogP contribution in [0.15, 0.2) is 0 Å².